The Morgan fingerprint density at radius 2 is 1.72 bits per heavy atom. The largest absolute Gasteiger partial charge is 0.392 e. The van der Waals surface area contributed by atoms with Crippen LogP contribution in [0.4, 0.5) is 0 Å². The Morgan fingerprint density at radius 3 is 2.46 bits per heavy atom. The zero-order valence-electron chi connectivity index (χ0n) is 26.3. The standard InChI is InChI=1S/C39H43N3O4/c1-2-20-42(35-13-3-4-14-35)26-36-23-37(30-17-15-28(27-43)16-18-30)46-39(45-36)33-11-6-10-32(22-33)31-9-5-8-29(21-31)24-41-38(44)34-12-7-19-40-25-34/h2,5-12,15-19,21-22,25,35-37,39,43H,1,3-4,13-14,20,23-24,26-27H2,(H,41,44). The monoisotopic (exact) mass is 617 g/mol. The number of amides is 1. The number of benzene rings is 3. The molecule has 0 radical (unpaired) electrons. The van der Waals surface area contributed by atoms with Gasteiger partial charge in [-0.1, -0.05) is 79.6 Å². The number of nitrogens with one attached hydrogen (secondary N) is 1. The first-order chi connectivity index (χ1) is 22.6. The number of nitrogens with zero attached hydrogens (tertiary/aromatic N) is 2. The summed E-state index contributed by atoms with van der Waals surface area (Å²) in [5.74, 6) is -0.151. The molecule has 4 aromatic rings. The molecule has 46 heavy (non-hydrogen) atoms. The second kappa shape index (κ2) is 15.4. The van der Waals surface area contributed by atoms with Crippen molar-refractivity contribution in [3.8, 4) is 11.1 Å². The molecule has 1 aliphatic carbocycles. The molecule has 2 N–H and O–H groups in total. The van der Waals surface area contributed by atoms with Crippen molar-refractivity contribution >= 4 is 5.91 Å². The van der Waals surface area contributed by atoms with Gasteiger partial charge in [-0.25, -0.2) is 0 Å². The van der Waals surface area contributed by atoms with Crippen LogP contribution in [0.5, 0.6) is 0 Å². The summed E-state index contributed by atoms with van der Waals surface area (Å²) in [6.45, 7) is 6.14. The average molecular weight is 618 g/mol. The fourth-order valence-electron chi connectivity index (χ4n) is 6.61. The van der Waals surface area contributed by atoms with E-state index in [1.54, 1.807) is 24.5 Å². The van der Waals surface area contributed by atoms with E-state index in [0.29, 0.717) is 18.2 Å². The average Bonchev–Trinajstić information content (AvgIpc) is 3.66. The fourth-order valence-corrected chi connectivity index (χ4v) is 6.61. The van der Waals surface area contributed by atoms with E-state index < -0.39 is 6.29 Å². The SMILES string of the molecule is C=CCN(CC1CC(c2ccc(CO)cc2)OC(c2cccc(-c3cccc(CNC(=O)c4cccnc4)c3)c2)O1)C1CCCC1. The van der Waals surface area contributed by atoms with Gasteiger partial charge in [-0.3, -0.25) is 14.7 Å². The molecular weight excluding hydrogens is 574 g/mol. The van der Waals surface area contributed by atoms with Crippen molar-refractivity contribution in [1.29, 1.82) is 0 Å². The summed E-state index contributed by atoms with van der Waals surface area (Å²) in [6, 6.07) is 28.7. The maximum absolute atomic E-state index is 12.6. The minimum Gasteiger partial charge on any atom is -0.392 e. The number of hydrogen-bond acceptors (Lipinski definition) is 6. The predicted octanol–water partition coefficient (Wildman–Crippen LogP) is 7.15. The van der Waals surface area contributed by atoms with Crippen molar-refractivity contribution in [1.82, 2.24) is 15.2 Å². The van der Waals surface area contributed by atoms with E-state index in [1.165, 1.54) is 25.7 Å². The van der Waals surface area contributed by atoms with Crippen LogP contribution in [0, 0.1) is 0 Å². The first kappa shape index (κ1) is 31.8. The molecule has 1 saturated carbocycles. The zero-order valence-corrected chi connectivity index (χ0v) is 26.3. The minimum atomic E-state index is -0.530. The van der Waals surface area contributed by atoms with E-state index in [4.69, 9.17) is 9.47 Å². The molecule has 7 heteroatoms. The first-order valence-corrected chi connectivity index (χ1v) is 16.3. The summed E-state index contributed by atoms with van der Waals surface area (Å²) in [7, 11) is 0. The number of aromatic nitrogens is 1. The van der Waals surface area contributed by atoms with Crippen LogP contribution in [0.2, 0.25) is 0 Å². The molecule has 1 saturated heterocycles. The predicted molar refractivity (Wildman–Crippen MR) is 180 cm³/mol. The van der Waals surface area contributed by atoms with Gasteiger partial charge in [0.25, 0.3) is 5.91 Å². The maximum atomic E-state index is 12.6. The van der Waals surface area contributed by atoms with Gasteiger partial charge in [0.1, 0.15) is 0 Å². The van der Waals surface area contributed by atoms with Gasteiger partial charge in [0.2, 0.25) is 0 Å². The maximum Gasteiger partial charge on any atom is 0.253 e. The van der Waals surface area contributed by atoms with Crippen molar-refractivity contribution in [3.05, 3.63) is 138 Å². The number of aliphatic hydroxyl groups is 1. The molecule has 238 valence electrons. The van der Waals surface area contributed by atoms with E-state index in [-0.39, 0.29) is 24.7 Å². The summed E-state index contributed by atoms with van der Waals surface area (Å²) in [4.78, 5) is 19.1. The Morgan fingerprint density at radius 1 is 0.935 bits per heavy atom. The number of hydrogen-bond donors (Lipinski definition) is 2. The van der Waals surface area contributed by atoms with Crippen LogP contribution in [-0.2, 0) is 22.6 Å². The van der Waals surface area contributed by atoms with Gasteiger partial charge in [-0.05, 0) is 64.9 Å². The van der Waals surface area contributed by atoms with Gasteiger partial charge in [0, 0.05) is 50.1 Å². The molecule has 3 atom stereocenters. The Labute approximate surface area is 271 Å². The Kier molecular flexibility index (Phi) is 10.7. The van der Waals surface area contributed by atoms with Crippen LogP contribution in [0.3, 0.4) is 0 Å². The summed E-state index contributed by atoms with van der Waals surface area (Å²) in [6.07, 6.45) is 10.3. The molecular formula is C39H43N3O4. The van der Waals surface area contributed by atoms with E-state index in [2.05, 4.69) is 64.2 Å². The van der Waals surface area contributed by atoms with Crippen LogP contribution in [-0.4, -0.2) is 46.1 Å². The van der Waals surface area contributed by atoms with Crippen molar-refractivity contribution in [2.24, 2.45) is 0 Å². The van der Waals surface area contributed by atoms with Crippen molar-refractivity contribution in [2.75, 3.05) is 13.1 Å². The van der Waals surface area contributed by atoms with Gasteiger partial charge in [-0.15, -0.1) is 6.58 Å². The molecule has 2 fully saturated rings. The number of pyridine rings is 1. The fraction of sp³-hybridized carbons (Fsp3) is 0.333. The third kappa shape index (κ3) is 7.98. The molecule has 6 rings (SSSR count). The van der Waals surface area contributed by atoms with Crippen molar-refractivity contribution in [2.45, 2.75) is 69.8 Å². The number of rotatable bonds is 12. The molecule has 2 heterocycles. The highest BCUT2D eigenvalue weighted by atomic mass is 16.7. The quantitative estimate of drug-likeness (QED) is 0.164. The van der Waals surface area contributed by atoms with E-state index in [9.17, 15) is 9.90 Å². The van der Waals surface area contributed by atoms with Gasteiger partial charge in [0.05, 0.1) is 24.4 Å². The minimum absolute atomic E-state index is 0.0165. The lowest BCUT2D eigenvalue weighted by Gasteiger charge is -2.39. The van der Waals surface area contributed by atoms with Gasteiger partial charge >= 0.3 is 0 Å². The van der Waals surface area contributed by atoms with E-state index in [1.807, 2.05) is 36.4 Å². The topological polar surface area (TPSA) is 83.9 Å². The molecule has 3 aromatic carbocycles. The molecule has 1 aromatic heterocycles. The van der Waals surface area contributed by atoms with Crippen LogP contribution in [0.15, 0.2) is 110 Å². The molecule has 7 nitrogen and oxygen atoms in total. The van der Waals surface area contributed by atoms with E-state index in [0.717, 1.165) is 52.9 Å². The van der Waals surface area contributed by atoms with E-state index >= 15 is 0 Å². The molecule has 0 bridgehead atoms. The van der Waals surface area contributed by atoms with Crippen LogP contribution in [0.25, 0.3) is 11.1 Å². The summed E-state index contributed by atoms with van der Waals surface area (Å²) in [5.41, 5.74) is 6.58. The highest BCUT2D eigenvalue weighted by Crippen LogP contribution is 2.39. The zero-order chi connectivity index (χ0) is 31.7. The number of carbonyl (C=O) groups is 1. The lowest BCUT2D eigenvalue weighted by Crippen LogP contribution is -2.43. The van der Waals surface area contributed by atoms with Crippen LogP contribution < -0.4 is 5.32 Å². The normalized spacial score (nSPS) is 20.1. The molecule has 1 aliphatic heterocycles. The molecule has 2 aliphatic rings. The summed E-state index contributed by atoms with van der Waals surface area (Å²) >= 11 is 0. The third-order valence-electron chi connectivity index (χ3n) is 9.05. The second-order valence-electron chi connectivity index (χ2n) is 12.3. The highest BCUT2D eigenvalue weighted by Gasteiger charge is 2.34. The smallest absolute Gasteiger partial charge is 0.253 e. The second-order valence-corrected chi connectivity index (χ2v) is 12.3. The lowest BCUT2D eigenvalue weighted by atomic mass is 9.98. The van der Waals surface area contributed by atoms with Crippen molar-refractivity contribution < 1.29 is 19.4 Å². The lowest BCUT2D eigenvalue weighted by molar-refractivity contribution is -0.253. The Bertz CT molecular complexity index is 1590. The Balaban J connectivity index is 1.21. The molecule has 3 unspecified atom stereocenters. The van der Waals surface area contributed by atoms with Gasteiger partial charge in [0.15, 0.2) is 6.29 Å². The number of ether oxygens (including phenoxy) is 2. The van der Waals surface area contributed by atoms with Crippen LogP contribution >= 0.6 is 0 Å². The number of aliphatic hydroxyl groups excluding tert-OH is 1. The first-order valence-electron chi connectivity index (χ1n) is 16.3. The molecule has 0 spiro atoms. The summed E-state index contributed by atoms with van der Waals surface area (Å²) < 4.78 is 13.4. The third-order valence-corrected chi connectivity index (χ3v) is 9.05. The van der Waals surface area contributed by atoms with Crippen LogP contribution in [0.1, 0.15) is 77.1 Å². The Hall–Kier alpha value is -4.14. The van der Waals surface area contributed by atoms with Gasteiger partial charge < -0.3 is 19.9 Å². The highest BCUT2D eigenvalue weighted by molar-refractivity contribution is 5.93. The number of carbonyl (C=O) groups excluding carboxylic acids is 1. The van der Waals surface area contributed by atoms with Gasteiger partial charge in [-0.2, -0.15) is 0 Å². The molecule has 1 amide bonds. The van der Waals surface area contributed by atoms with Crippen molar-refractivity contribution in [3.63, 3.8) is 0 Å². The summed E-state index contributed by atoms with van der Waals surface area (Å²) in [5, 5.41) is 12.6.